The molecule has 1 heterocycles. The summed E-state index contributed by atoms with van der Waals surface area (Å²) in [6.07, 6.45) is 4.10. The largest absolute Gasteiger partial charge is 0.338 e. The van der Waals surface area contributed by atoms with Crippen LogP contribution in [0.4, 0.5) is 4.39 Å². The van der Waals surface area contributed by atoms with Crippen molar-refractivity contribution in [3.63, 3.8) is 0 Å². The van der Waals surface area contributed by atoms with Crippen LogP contribution in [0.25, 0.3) is 0 Å². The second-order valence-electron chi connectivity index (χ2n) is 3.68. The minimum Gasteiger partial charge on any atom is -0.338 e. The Morgan fingerprint density at radius 3 is 2.82 bits per heavy atom. The van der Waals surface area contributed by atoms with E-state index in [4.69, 9.17) is 0 Å². The number of halogens is 1. The van der Waals surface area contributed by atoms with Crippen molar-refractivity contribution in [1.82, 2.24) is 9.55 Å². The predicted octanol–water partition coefficient (Wildman–Crippen LogP) is 1.91. The Hall–Kier alpha value is -1.49. The molecule has 1 aromatic carbocycles. The molecular weight excluding hydrogens is 239 g/mol. The van der Waals surface area contributed by atoms with Gasteiger partial charge in [-0.25, -0.2) is 9.37 Å². The Morgan fingerprint density at radius 1 is 1.41 bits per heavy atom. The first kappa shape index (κ1) is 12.0. The summed E-state index contributed by atoms with van der Waals surface area (Å²) in [6.45, 7) is 0. The zero-order chi connectivity index (χ0) is 12.3. The SMILES string of the molecule is Cn1ccnc1CCS(=O)c1ccccc1F. The molecule has 0 fully saturated rings. The van der Waals surface area contributed by atoms with E-state index in [-0.39, 0.29) is 4.90 Å². The van der Waals surface area contributed by atoms with E-state index in [0.29, 0.717) is 12.2 Å². The number of aromatic nitrogens is 2. The fourth-order valence-electron chi connectivity index (χ4n) is 1.56. The molecule has 5 heteroatoms. The van der Waals surface area contributed by atoms with Gasteiger partial charge in [0, 0.05) is 31.6 Å². The second kappa shape index (κ2) is 5.23. The van der Waals surface area contributed by atoms with Crippen molar-refractivity contribution in [1.29, 1.82) is 0 Å². The quantitative estimate of drug-likeness (QED) is 0.833. The lowest BCUT2D eigenvalue weighted by Gasteiger charge is -2.03. The molecule has 0 aliphatic carbocycles. The predicted molar refractivity (Wildman–Crippen MR) is 64.6 cm³/mol. The van der Waals surface area contributed by atoms with Gasteiger partial charge in [-0.2, -0.15) is 0 Å². The first-order chi connectivity index (χ1) is 8.18. The fraction of sp³-hybridized carbons (Fsp3) is 0.250. The van der Waals surface area contributed by atoms with Gasteiger partial charge in [0.15, 0.2) is 0 Å². The maximum Gasteiger partial charge on any atom is 0.139 e. The van der Waals surface area contributed by atoms with Crippen molar-refractivity contribution < 1.29 is 8.60 Å². The van der Waals surface area contributed by atoms with Crippen molar-refractivity contribution in [2.45, 2.75) is 11.3 Å². The molecule has 0 saturated heterocycles. The summed E-state index contributed by atoms with van der Waals surface area (Å²) in [5.74, 6) is 0.826. The summed E-state index contributed by atoms with van der Waals surface area (Å²) in [5.41, 5.74) is 0. The number of benzene rings is 1. The van der Waals surface area contributed by atoms with Crippen LogP contribution < -0.4 is 0 Å². The number of hydrogen-bond acceptors (Lipinski definition) is 2. The standard InChI is InChI=1S/C12H13FN2OS/c1-15-8-7-14-12(15)6-9-17(16)11-5-3-2-4-10(11)13/h2-5,7-8H,6,9H2,1H3. The highest BCUT2D eigenvalue weighted by Gasteiger charge is 2.10. The van der Waals surface area contributed by atoms with Crippen molar-refractivity contribution >= 4 is 10.8 Å². The van der Waals surface area contributed by atoms with Gasteiger partial charge in [-0.05, 0) is 12.1 Å². The Balaban J connectivity index is 2.04. The van der Waals surface area contributed by atoms with Gasteiger partial charge in [-0.15, -0.1) is 0 Å². The minimum atomic E-state index is -1.32. The highest BCUT2D eigenvalue weighted by molar-refractivity contribution is 7.85. The van der Waals surface area contributed by atoms with E-state index in [1.165, 1.54) is 6.07 Å². The molecule has 1 unspecified atom stereocenters. The molecule has 0 bridgehead atoms. The average Bonchev–Trinajstić information content (AvgIpc) is 2.72. The van der Waals surface area contributed by atoms with E-state index in [1.54, 1.807) is 24.4 Å². The van der Waals surface area contributed by atoms with E-state index in [1.807, 2.05) is 17.8 Å². The Morgan fingerprint density at radius 2 is 2.18 bits per heavy atom. The topological polar surface area (TPSA) is 34.9 Å². The molecule has 2 rings (SSSR count). The van der Waals surface area contributed by atoms with E-state index in [0.717, 1.165) is 5.82 Å². The second-order valence-corrected chi connectivity index (χ2v) is 5.22. The molecule has 90 valence electrons. The zero-order valence-electron chi connectivity index (χ0n) is 9.47. The maximum atomic E-state index is 13.4. The molecule has 1 aromatic heterocycles. The number of rotatable bonds is 4. The highest BCUT2D eigenvalue weighted by atomic mass is 32.2. The maximum absolute atomic E-state index is 13.4. The van der Waals surface area contributed by atoms with Gasteiger partial charge in [-0.1, -0.05) is 12.1 Å². The molecule has 3 nitrogen and oxygen atoms in total. The number of aryl methyl sites for hydroxylation is 2. The molecule has 0 aliphatic heterocycles. The summed E-state index contributed by atoms with van der Waals surface area (Å²) in [6, 6.07) is 6.17. The van der Waals surface area contributed by atoms with Crippen LogP contribution in [-0.4, -0.2) is 19.5 Å². The van der Waals surface area contributed by atoms with Crippen LogP contribution >= 0.6 is 0 Å². The number of hydrogen-bond donors (Lipinski definition) is 0. The summed E-state index contributed by atoms with van der Waals surface area (Å²) < 4.78 is 27.2. The third kappa shape index (κ3) is 2.79. The molecule has 17 heavy (non-hydrogen) atoms. The van der Waals surface area contributed by atoms with E-state index in [9.17, 15) is 8.60 Å². The lowest BCUT2D eigenvalue weighted by Crippen LogP contribution is -2.07. The molecule has 0 aliphatic rings. The van der Waals surface area contributed by atoms with Crippen LogP contribution in [0.15, 0.2) is 41.6 Å². The van der Waals surface area contributed by atoms with Crippen LogP contribution in [-0.2, 0) is 24.3 Å². The van der Waals surface area contributed by atoms with Crippen molar-refractivity contribution in [3.05, 3.63) is 48.3 Å². The molecule has 0 amide bonds. The first-order valence-corrected chi connectivity index (χ1v) is 6.59. The van der Waals surface area contributed by atoms with Gasteiger partial charge in [-0.3, -0.25) is 4.21 Å². The molecule has 0 saturated carbocycles. The third-order valence-electron chi connectivity index (χ3n) is 2.51. The van der Waals surface area contributed by atoms with E-state index in [2.05, 4.69) is 4.98 Å². The Bertz CT molecular complexity index is 539. The summed E-state index contributed by atoms with van der Waals surface area (Å²) in [4.78, 5) is 4.40. The summed E-state index contributed by atoms with van der Waals surface area (Å²) >= 11 is 0. The minimum absolute atomic E-state index is 0.265. The monoisotopic (exact) mass is 252 g/mol. The van der Waals surface area contributed by atoms with Crippen LogP contribution in [0.2, 0.25) is 0 Å². The van der Waals surface area contributed by atoms with Crippen LogP contribution in [0.5, 0.6) is 0 Å². The van der Waals surface area contributed by atoms with Gasteiger partial charge in [0.2, 0.25) is 0 Å². The normalized spacial score (nSPS) is 12.6. The van der Waals surface area contributed by atoms with Crippen LogP contribution in [0.3, 0.4) is 0 Å². The lowest BCUT2D eigenvalue weighted by molar-refractivity contribution is 0.595. The molecule has 1 atom stereocenters. The third-order valence-corrected chi connectivity index (χ3v) is 3.91. The molecular formula is C12H13FN2OS. The summed E-state index contributed by atoms with van der Waals surface area (Å²) in [5, 5.41) is 0. The Labute approximate surface area is 102 Å². The number of nitrogens with zero attached hydrogens (tertiary/aromatic N) is 2. The van der Waals surface area contributed by atoms with Gasteiger partial charge in [0.05, 0.1) is 15.7 Å². The van der Waals surface area contributed by atoms with E-state index >= 15 is 0 Å². The van der Waals surface area contributed by atoms with Gasteiger partial charge in [0.25, 0.3) is 0 Å². The average molecular weight is 252 g/mol. The van der Waals surface area contributed by atoms with Crippen LogP contribution in [0, 0.1) is 5.82 Å². The molecule has 2 aromatic rings. The van der Waals surface area contributed by atoms with Gasteiger partial charge in [0.1, 0.15) is 11.6 Å². The molecule has 0 N–H and O–H groups in total. The number of imidazole rings is 1. The molecule has 0 spiro atoms. The zero-order valence-corrected chi connectivity index (χ0v) is 10.3. The summed E-state index contributed by atoms with van der Waals surface area (Å²) in [7, 11) is 0.567. The van der Waals surface area contributed by atoms with Crippen LogP contribution in [0.1, 0.15) is 5.82 Å². The van der Waals surface area contributed by atoms with Gasteiger partial charge < -0.3 is 4.57 Å². The van der Waals surface area contributed by atoms with Gasteiger partial charge >= 0.3 is 0 Å². The van der Waals surface area contributed by atoms with Crippen molar-refractivity contribution in [2.75, 3.05) is 5.75 Å². The smallest absolute Gasteiger partial charge is 0.139 e. The van der Waals surface area contributed by atoms with Crippen molar-refractivity contribution in [3.8, 4) is 0 Å². The fourth-order valence-corrected chi connectivity index (χ4v) is 2.66. The van der Waals surface area contributed by atoms with E-state index < -0.39 is 16.6 Å². The lowest BCUT2D eigenvalue weighted by atomic mass is 10.3. The Kier molecular flexibility index (Phi) is 3.68. The highest BCUT2D eigenvalue weighted by Crippen LogP contribution is 2.12. The molecule has 0 radical (unpaired) electrons. The van der Waals surface area contributed by atoms with Crippen molar-refractivity contribution in [2.24, 2.45) is 7.05 Å². The first-order valence-electron chi connectivity index (χ1n) is 5.27.